The van der Waals surface area contributed by atoms with Crippen molar-refractivity contribution in [3.63, 3.8) is 0 Å². The highest BCUT2D eigenvalue weighted by Crippen LogP contribution is 2.24. The second-order valence-corrected chi connectivity index (χ2v) is 7.47. The van der Waals surface area contributed by atoms with Crippen LogP contribution in [-0.4, -0.2) is 23.3 Å². The fraction of sp³-hybridized carbons (Fsp3) is 0.105. The second-order valence-electron chi connectivity index (χ2n) is 5.50. The molecule has 1 aromatic heterocycles. The molecule has 2 amide bonds. The first-order chi connectivity index (χ1) is 12.6. The molecule has 3 rings (SSSR count). The van der Waals surface area contributed by atoms with E-state index in [0.717, 1.165) is 21.3 Å². The van der Waals surface area contributed by atoms with E-state index in [1.165, 1.54) is 11.3 Å². The van der Waals surface area contributed by atoms with Crippen LogP contribution in [0.2, 0.25) is 0 Å². The van der Waals surface area contributed by atoms with Crippen molar-refractivity contribution in [1.29, 1.82) is 0 Å². The first kappa shape index (κ1) is 18.3. The summed E-state index contributed by atoms with van der Waals surface area (Å²) in [5.41, 5.74) is 1.68. The summed E-state index contributed by atoms with van der Waals surface area (Å²) in [6.07, 6.45) is 2.49. The Labute approximate surface area is 163 Å². The van der Waals surface area contributed by atoms with Gasteiger partial charge in [0.2, 0.25) is 5.91 Å². The van der Waals surface area contributed by atoms with Gasteiger partial charge in [-0.3, -0.25) is 9.59 Å². The van der Waals surface area contributed by atoms with Crippen LogP contribution in [0.25, 0.3) is 0 Å². The van der Waals surface area contributed by atoms with E-state index in [0.29, 0.717) is 10.7 Å². The van der Waals surface area contributed by atoms with Crippen molar-refractivity contribution in [3.05, 3.63) is 81.3 Å². The first-order valence-electron chi connectivity index (χ1n) is 7.93. The van der Waals surface area contributed by atoms with Crippen LogP contribution in [0, 0.1) is 0 Å². The number of nitrogens with zero attached hydrogens (tertiary/aromatic N) is 1. The summed E-state index contributed by atoms with van der Waals surface area (Å²) in [6, 6.07) is 16.8. The lowest BCUT2D eigenvalue weighted by atomic mass is 10.1. The van der Waals surface area contributed by atoms with Crippen molar-refractivity contribution in [1.82, 2.24) is 10.3 Å². The number of amides is 2. The molecule has 0 radical (unpaired) electrons. The van der Waals surface area contributed by atoms with E-state index in [4.69, 9.17) is 0 Å². The Morgan fingerprint density at radius 2 is 1.77 bits per heavy atom. The number of carbonyl (C=O) groups excluding carboxylic acids is 2. The SMILES string of the molecule is O=C(CNC(=O)c1ccccc1)Nc1ncc(Cc2ccccc2Br)s1. The molecule has 5 nitrogen and oxygen atoms in total. The second kappa shape index (κ2) is 8.73. The van der Waals surface area contributed by atoms with E-state index in [1.807, 2.05) is 30.3 Å². The maximum atomic E-state index is 12.0. The molecule has 0 atom stereocenters. The third-order valence-corrected chi connectivity index (χ3v) is 5.25. The normalized spacial score (nSPS) is 10.3. The Hall–Kier alpha value is -2.51. The summed E-state index contributed by atoms with van der Waals surface area (Å²) in [5, 5.41) is 5.82. The fourth-order valence-electron chi connectivity index (χ4n) is 2.29. The summed E-state index contributed by atoms with van der Waals surface area (Å²) in [7, 11) is 0. The quantitative estimate of drug-likeness (QED) is 0.624. The third-order valence-electron chi connectivity index (χ3n) is 3.57. The molecule has 2 N–H and O–H groups in total. The summed E-state index contributed by atoms with van der Waals surface area (Å²) >= 11 is 4.95. The highest BCUT2D eigenvalue weighted by atomic mass is 79.9. The smallest absolute Gasteiger partial charge is 0.251 e. The maximum Gasteiger partial charge on any atom is 0.251 e. The molecular formula is C19H16BrN3O2S. The van der Waals surface area contributed by atoms with E-state index in [1.54, 1.807) is 30.5 Å². The van der Waals surface area contributed by atoms with Gasteiger partial charge in [0.15, 0.2) is 5.13 Å². The number of rotatable bonds is 6. The highest BCUT2D eigenvalue weighted by molar-refractivity contribution is 9.10. The Morgan fingerprint density at radius 1 is 1.04 bits per heavy atom. The van der Waals surface area contributed by atoms with Gasteiger partial charge in [-0.25, -0.2) is 4.98 Å². The Morgan fingerprint density at radius 3 is 2.54 bits per heavy atom. The molecule has 0 aliphatic rings. The Bertz CT molecular complexity index is 912. The Balaban J connectivity index is 1.51. The van der Waals surface area contributed by atoms with Gasteiger partial charge in [0.05, 0.1) is 6.54 Å². The van der Waals surface area contributed by atoms with Gasteiger partial charge in [0.1, 0.15) is 0 Å². The van der Waals surface area contributed by atoms with Gasteiger partial charge in [-0.1, -0.05) is 52.3 Å². The minimum absolute atomic E-state index is 0.104. The van der Waals surface area contributed by atoms with E-state index in [9.17, 15) is 9.59 Å². The largest absolute Gasteiger partial charge is 0.343 e. The zero-order valence-electron chi connectivity index (χ0n) is 13.7. The number of hydrogen-bond donors (Lipinski definition) is 2. The van der Waals surface area contributed by atoms with Crippen LogP contribution in [-0.2, 0) is 11.2 Å². The molecule has 2 aromatic carbocycles. The summed E-state index contributed by atoms with van der Waals surface area (Å²) < 4.78 is 1.04. The van der Waals surface area contributed by atoms with Gasteiger partial charge in [0.25, 0.3) is 5.91 Å². The van der Waals surface area contributed by atoms with Crippen LogP contribution in [0.4, 0.5) is 5.13 Å². The molecule has 3 aromatic rings. The van der Waals surface area contributed by atoms with Crippen molar-refractivity contribution in [2.24, 2.45) is 0 Å². The van der Waals surface area contributed by atoms with E-state index in [-0.39, 0.29) is 18.4 Å². The van der Waals surface area contributed by atoms with Crippen molar-refractivity contribution < 1.29 is 9.59 Å². The number of benzene rings is 2. The number of hydrogen-bond acceptors (Lipinski definition) is 4. The topological polar surface area (TPSA) is 71.1 Å². The monoisotopic (exact) mass is 429 g/mol. The van der Waals surface area contributed by atoms with E-state index in [2.05, 4.69) is 31.5 Å². The molecule has 0 saturated heterocycles. The highest BCUT2D eigenvalue weighted by Gasteiger charge is 2.10. The lowest BCUT2D eigenvalue weighted by Gasteiger charge is -2.05. The van der Waals surface area contributed by atoms with Crippen LogP contribution < -0.4 is 10.6 Å². The lowest BCUT2D eigenvalue weighted by Crippen LogP contribution is -2.32. The molecule has 0 aliphatic carbocycles. The average molecular weight is 430 g/mol. The summed E-state index contributed by atoms with van der Waals surface area (Å²) in [4.78, 5) is 29.2. The zero-order chi connectivity index (χ0) is 18.4. The predicted octanol–water partition coefficient (Wildman–Crippen LogP) is 3.86. The molecule has 1 heterocycles. The number of aromatic nitrogens is 1. The van der Waals surface area contributed by atoms with Gasteiger partial charge < -0.3 is 10.6 Å². The van der Waals surface area contributed by atoms with Crippen molar-refractivity contribution in [2.45, 2.75) is 6.42 Å². The number of thiazole rings is 1. The number of anilines is 1. The van der Waals surface area contributed by atoms with Crippen LogP contribution >= 0.6 is 27.3 Å². The summed E-state index contributed by atoms with van der Waals surface area (Å²) in [5.74, 6) is -0.592. The van der Waals surface area contributed by atoms with Gasteiger partial charge >= 0.3 is 0 Å². The predicted molar refractivity (Wildman–Crippen MR) is 106 cm³/mol. The molecule has 0 bridgehead atoms. The van der Waals surface area contributed by atoms with Gasteiger partial charge in [-0.2, -0.15) is 0 Å². The van der Waals surface area contributed by atoms with E-state index >= 15 is 0 Å². The van der Waals surface area contributed by atoms with Crippen molar-refractivity contribution in [2.75, 3.05) is 11.9 Å². The molecule has 0 spiro atoms. The molecule has 0 saturated carbocycles. The van der Waals surface area contributed by atoms with Crippen LogP contribution in [0.1, 0.15) is 20.8 Å². The van der Waals surface area contributed by atoms with Gasteiger partial charge in [0, 0.05) is 27.5 Å². The minimum atomic E-state index is -0.309. The van der Waals surface area contributed by atoms with Gasteiger partial charge in [-0.05, 0) is 23.8 Å². The summed E-state index contributed by atoms with van der Waals surface area (Å²) in [6.45, 7) is -0.104. The fourth-order valence-corrected chi connectivity index (χ4v) is 3.57. The zero-order valence-corrected chi connectivity index (χ0v) is 16.1. The Kier molecular flexibility index (Phi) is 6.14. The molecule has 132 valence electrons. The average Bonchev–Trinajstić information content (AvgIpc) is 3.09. The van der Waals surface area contributed by atoms with E-state index < -0.39 is 0 Å². The van der Waals surface area contributed by atoms with Gasteiger partial charge in [-0.15, -0.1) is 11.3 Å². The van der Waals surface area contributed by atoms with Crippen molar-refractivity contribution in [3.8, 4) is 0 Å². The third kappa shape index (κ3) is 5.00. The lowest BCUT2D eigenvalue weighted by molar-refractivity contribution is -0.115. The number of nitrogens with one attached hydrogen (secondary N) is 2. The molecule has 0 aliphatic heterocycles. The molecule has 26 heavy (non-hydrogen) atoms. The van der Waals surface area contributed by atoms with Crippen LogP contribution in [0.3, 0.4) is 0 Å². The minimum Gasteiger partial charge on any atom is -0.343 e. The standard InChI is InChI=1S/C19H16BrN3O2S/c20-16-9-5-4-8-14(16)10-15-11-22-19(26-15)23-17(24)12-21-18(25)13-6-2-1-3-7-13/h1-9,11H,10,12H2,(H,21,25)(H,22,23,24). The van der Waals surface area contributed by atoms with Crippen LogP contribution in [0.5, 0.6) is 0 Å². The number of halogens is 1. The van der Waals surface area contributed by atoms with Crippen LogP contribution in [0.15, 0.2) is 65.3 Å². The first-order valence-corrected chi connectivity index (χ1v) is 9.54. The molecule has 0 fully saturated rings. The maximum absolute atomic E-state index is 12.0. The number of carbonyl (C=O) groups is 2. The molecular weight excluding hydrogens is 414 g/mol. The van der Waals surface area contributed by atoms with Crippen molar-refractivity contribution >= 4 is 44.2 Å². The molecule has 0 unspecified atom stereocenters. The molecule has 7 heteroatoms.